The van der Waals surface area contributed by atoms with Crippen LogP contribution in [0, 0.1) is 0 Å². The van der Waals surface area contributed by atoms with Crippen molar-refractivity contribution in [1.82, 2.24) is 10.2 Å². The standard InChI is InChI=1S/C13H28N2O2/c1-4-7-9-12(13(16)17)14-10-8-11-15(5-2)6-3/h12,14H,4-11H2,1-3H3,(H,16,17). The van der Waals surface area contributed by atoms with Crippen LogP contribution in [-0.4, -0.2) is 48.2 Å². The van der Waals surface area contributed by atoms with E-state index in [2.05, 4.69) is 31.0 Å². The maximum atomic E-state index is 11.0. The van der Waals surface area contributed by atoms with Crippen molar-refractivity contribution in [2.24, 2.45) is 0 Å². The Morgan fingerprint density at radius 1 is 1.24 bits per heavy atom. The van der Waals surface area contributed by atoms with Gasteiger partial charge in [0.15, 0.2) is 0 Å². The highest BCUT2D eigenvalue weighted by Gasteiger charge is 2.15. The second-order valence-corrected chi connectivity index (χ2v) is 4.37. The minimum atomic E-state index is -0.721. The molecule has 102 valence electrons. The van der Waals surface area contributed by atoms with Crippen molar-refractivity contribution in [3.05, 3.63) is 0 Å². The average molecular weight is 244 g/mol. The van der Waals surface area contributed by atoms with E-state index in [9.17, 15) is 4.79 Å². The molecule has 0 aliphatic carbocycles. The summed E-state index contributed by atoms with van der Waals surface area (Å²) in [6.07, 6.45) is 3.76. The monoisotopic (exact) mass is 244 g/mol. The summed E-state index contributed by atoms with van der Waals surface area (Å²) in [5.74, 6) is -0.721. The number of carboxylic acid groups (broad SMARTS) is 1. The molecule has 1 atom stereocenters. The third-order valence-corrected chi connectivity index (χ3v) is 3.08. The average Bonchev–Trinajstić information content (AvgIpc) is 2.32. The van der Waals surface area contributed by atoms with E-state index in [1.807, 2.05) is 0 Å². The van der Waals surface area contributed by atoms with E-state index in [1.54, 1.807) is 0 Å². The van der Waals surface area contributed by atoms with Crippen LogP contribution in [0.1, 0.15) is 46.5 Å². The van der Waals surface area contributed by atoms with Gasteiger partial charge < -0.3 is 15.3 Å². The molecule has 0 radical (unpaired) electrons. The number of rotatable bonds is 11. The van der Waals surface area contributed by atoms with E-state index in [0.717, 1.165) is 51.9 Å². The fraction of sp³-hybridized carbons (Fsp3) is 0.923. The molecule has 0 fully saturated rings. The second kappa shape index (κ2) is 10.5. The molecular formula is C13H28N2O2. The van der Waals surface area contributed by atoms with Crippen LogP contribution in [0.3, 0.4) is 0 Å². The normalized spacial score (nSPS) is 12.9. The summed E-state index contributed by atoms with van der Waals surface area (Å²) in [5.41, 5.74) is 0. The van der Waals surface area contributed by atoms with Gasteiger partial charge in [0.05, 0.1) is 0 Å². The number of unbranched alkanes of at least 4 members (excludes halogenated alkanes) is 1. The molecule has 0 aliphatic heterocycles. The molecule has 0 aromatic carbocycles. The molecule has 0 amide bonds. The lowest BCUT2D eigenvalue weighted by molar-refractivity contribution is -0.139. The molecule has 0 spiro atoms. The van der Waals surface area contributed by atoms with Crippen LogP contribution >= 0.6 is 0 Å². The van der Waals surface area contributed by atoms with E-state index in [4.69, 9.17) is 5.11 Å². The van der Waals surface area contributed by atoms with Gasteiger partial charge in [-0.15, -0.1) is 0 Å². The topological polar surface area (TPSA) is 52.6 Å². The van der Waals surface area contributed by atoms with Crippen molar-refractivity contribution in [2.75, 3.05) is 26.2 Å². The number of carbonyl (C=O) groups is 1. The first kappa shape index (κ1) is 16.4. The number of nitrogens with zero attached hydrogens (tertiary/aromatic N) is 1. The summed E-state index contributed by atoms with van der Waals surface area (Å²) < 4.78 is 0. The smallest absolute Gasteiger partial charge is 0.320 e. The molecule has 0 heterocycles. The highest BCUT2D eigenvalue weighted by molar-refractivity contribution is 5.73. The maximum Gasteiger partial charge on any atom is 0.320 e. The van der Waals surface area contributed by atoms with Crippen molar-refractivity contribution in [3.8, 4) is 0 Å². The largest absolute Gasteiger partial charge is 0.480 e. The van der Waals surface area contributed by atoms with Gasteiger partial charge in [-0.05, 0) is 39.0 Å². The summed E-state index contributed by atoms with van der Waals surface area (Å²) >= 11 is 0. The molecule has 4 heteroatoms. The molecule has 0 rings (SSSR count). The third-order valence-electron chi connectivity index (χ3n) is 3.08. The van der Waals surface area contributed by atoms with Crippen LogP contribution in [0.2, 0.25) is 0 Å². The predicted molar refractivity (Wildman–Crippen MR) is 71.4 cm³/mol. The lowest BCUT2D eigenvalue weighted by Gasteiger charge is -2.19. The molecule has 0 aromatic heterocycles. The summed E-state index contributed by atoms with van der Waals surface area (Å²) in [6, 6.07) is -0.369. The zero-order valence-electron chi connectivity index (χ0n) is 11.5. The van der Waals surface area contributed by atoms with Gasteiger partial charge in [-0.1, -0.05) is 33.6 Å². The molecule has 0 saturated heterocycles. The molecule has 2 N–H and O–H groups in total. The lowest BCUT2D eigenvalue weighted by atomic mass is 10.1. The Hall–Kier alpha value is -0.610. The highest BCUT2D eigenvalue weighted by atomic mass is 16.4. The van der Waals surface area contributed by atoms with E-state index in [1.165, 1.54) is 0 Å². The van der Waals surface area contributed by atoms with E-state index in [-0.39, 0.29) is 6.04 Å². The van der Waals surface area contributed by atoms with E-state index in [0.29, 0.717) is 0 Å². The van der Waals surface area contributed by atoms with Crippen LogP contribution in [0.25, 0.3) is 0 Å². The van der Waals surface area contributed by atoms with Gasteiger partial charge in [-0.3, -0.25) is 4.79 Å². The number of aliphatic carboxylic acids is 1. The SMILES string of the molecule is CCCCC(NCCCN(CC)CC)C(=O)O. The van der Waals surface area contributed by atoms with Crippen molar-refractivity contribution in [3.63, 3.8) is 0 Å². The molecule has 4 nitrogen and oxygen atoms in total. The summed E-state index contributed by atoms with van der Waals surface area (Å²) in [5, 5.41) is 12.2. The van der Waals surface area contributed by atoms with Gasteiger partial charge in [0.1, 0.15) is 6.04 Å². The lowest BCUT2D eigenvalue weighted by Crippen LogP contribution is -2.38. The van der Waals surface area contributed by atoms with Gasteiger partial charge >= 0.3 is 5.97 Å². The number of nitrogens with one attached hydrogen (secondary N) is 1. The number of hydrogen-bond acceptors (Lipinski definition) is 3. The minimum absolute atomic E-state index is 0.369. The highest BCUT2D eigenvalue weighted by Crippen LogP contribution is 2.01. The Labute approximate surface area is 105 Å². The minimum Gasteiger partial charge on any atom is -0.480 e. The third kappa shape index (κ3) is 8.16. The Bertz CT molecular complexity index is 194. The fourth-order valence-electron chi connectivity index (χ4n) is 1.84. The molecule has 17 heavy (non-hydrogen) atoms. The van der Waals surface area contributed by atoms with Gasteiger partial charge in [0.2, 0.25) is 0 Å². The molecular weight excluding hydrogens is 216 g/mol. The van der Waals surface area contributed by atoms with Crippen molar-refractivity contribution >= 4 is 5.97 Å². The van der Waals surface area contributed by atoms with Gasteiger partial charge in [-0.25, -0.2) is 0 Å². The number of hydrogen-bond donors (Lipinski definition) is 2. The van der Waals surface area contributed by atoms with Gasteiger partial charge in [0, 0.05) is 0 Å². The zero-order chi connectivity index (χ0) is 13.1. The van der Waals surface area contributed by atoms with Crippen LogP contribution in [0.5, 0.6) is 0 Å². The van der Waals surface area contributed by atoms with Crippen LogP contribution < -0.4 is 5.32 Å². The van der Waals surface area contributed by atoms with Crippen molar-refractivity contribution < 1.29 is 9.90 Å². The Morgan fingerprint density at radius 2 is 1.88 bits per heavy atom. The second-order valence-electron chi connectivity index (χ2n) is 4.37. The van der Waals surface area contributed by atoms with Crippen molar-refractivity contribution in [2.45, 2.75) is 52.5 Å². The molecule has 0 aromatic rings. The maximum absolute atomic E-state index is 11.0. The Balaban J connectivity index is 3.70. The molecule has 1 unspecified atom stereocenters. The van der Waals surface area contributed by atoms with Gasteiger partial charge in [0.25, 0.3) is 0 Å². The fourth-order valence-corrected chi connectivity index (χ4v) is 1.84. The van der Waals surface area contributed by atoms with Crippen LogP contribution in [0.15, 0.2) is 0 Å². The van der Waals surface area contributed by atoms with Crippen LogP contribution in [-0.2, 0) is 4.79 Å². The number of carboxylic acids is 1. The van der Waals surface area contributed by atoms with E-state index < -0.39 is 5.97 Å². The molecule has 0 aliphatic rings. The quantitative estimate of drug-likeness (QED) is 0.545. The summed E-state index contributed by atoms with van der Waals surface area (Å²) in [4.78, 5) is 13.3. The summed E-state index contributed by atoms with van der Waals surface area (Å²) in [6.45, 7) is 10.3. The first-order valence-electron chi connectivity index (χ1n) is 6.84. The predicted octanol–water partition coefficient (Wildman–Crippen LogP) is 1.95. The Kier molecular flexibility index (Phi) is 10.2. The molecule has 0 bridgehead atoms. The Morgan fingerprint density at radius 3 is 2.35 bits per heavy atom. The van der Waals surface area contributed by atoms with Gasteiger partial charge in [-0.2, -0.15) is 0 Å². The van der Waals surface area contributed by atoms with Crippen LogP contribution in [0.4, 0.5) is 0 Å². The van der Waals surface area contributed by atoms with E-state index >= 15 is 0 Å². The molecule has 0 saturated carbocycles. The zero-order valence-corrected chi connectivity index (χ0v) is 11.5. The summed E-state index contributed by atoms with van der Waals surface area (Å²) in [7, 11) is 0. The first-order valence-corrected chi connectivity index (χ1v) is 6.84. The van der Waals surface area contributed by atoms with Crippen molar-refractivity contribution in [1.29, 1.82) is 0 Å². The first-order chi connectivity index (χ1) is 8.15.